The summed E-state index contributed by atoms with van der Waals surface area (Å²) in [6.07, 6.45) is 0.291. The maximum atomic E-state index is 11.9. The van der Waals surface area contributed by atoms with Crippen molar-refractivity contribution in [2.24, 2.45) is 0 Å². The topological polar surface area (TPSA) is 46.2 Å². The van der Waals surface area contributed by atoms with Crippen molar-refractivity contribution in [2.75, 3.05) is 5.32 Å². The summed E-state index contributed by atoms with van der Waals surface area (Å²) in [7, 11) is 0. The number of halogens is 1. The summed E-state index contributed by atoms with van der Waals surface area (Å²) in [4.78, 5) is 23.3. The lowest BCUT2D eigenvalue weighted by molar-refractivity contribution is -0.115. The molecule has 1 N–H and O–H groups in total. The molecule has 3 nitrogen and oxygen atoms in total. The zero-order chi connectivity index (χ0) is 14.5. The van der Waals surface area contributed by atoms with E-state index < -0.39 is 0 Å². The number of hydrogen-bond acceptors (Lipinski definition) is 2. The maximum Gasteiger partial charge on any atom is 0.228 e. The van der Waals surface area contributed by atoms with Crippen LogP contribution in [0.5, 0.6) is 0 Å². The Balaban J connectivity index is 2.08. The van der Waals surface area contributed by atoms with E-state index in [2.05, 4.69) is 5.32 Å². The average molecular weight is 288 g/mol. The van der Waals surface area contributed by atoms with Crippen molar-refractivity contribution in [3.63, 3.8) is 0 Å². The highest BCUT2D eigenvalue weighted by molar-refractivity contribution is 6.34. The Morgan fingerprint density at radius 2 is 1.80 bits per heavy atom. The van der Waals surface area contributed by atoms with Crippen LogP contribution in [0, 0.1) is 0 Å². The van der Waals surface area contributed by atoms with Crippen molar-refractivity contribution < 1.29 is 9.59 Å². The van der Waals surface area contributed by atoms with E-state index in [4.69, 9.17) is 11.6 Å². The van der Waals surface area contributed by atoms with Gasteiger partial charge in [-0.05, 0) is 30.7 Å². The van der Waals surface area contributed by atoms with Crippen LogP contribution in [-0.2, 0) is 11.2 Å². The Bertz CT molecular complexity index is 638. The van der Waals surface area contributed by atoms with Gasteiger partial charge in [-0.2, -0.15) is 0 Å². The van der Waals surface area contributed by atoms with Gasteiger partial charge in [0.2, 0.25) is 5.91 Å². The maximum absolute atomic E-state index is 11.9. The Morgan fingerprint density at radius 3 is 2.45 bits per heavy atom. The second-order valence-corrected chi connectivity index (χ2v) is 4.87. The van der Waals surface area contributed by atoms with Crippen LogP contribution in [0.1, 0.15) is 22.8 Å². The molecular weight excluding hydrogens is 274 g/mol. The normalized spacial score (nSPS) is 10.1. The smallest absolute Gasteiger partial charge is 0.228 e. The number of nitrogens with one attached hydrogen (secondary N) is 1. The lowest BCUT2D eigenvalue weighted by Crippen LogP contribution is -2.14. The fraction of sp³-hybridized carbons (Fsp3) is 0.125. The first kappa shape index (κ1) is 14.3. The van der Waals surface area contributed by atoms with Gasteiger partial charge in [0, 0.05) is 11.3 Å². The number of ketones is 1. The third-order valence-corrected chi connectivity index (χ3v) is 3.17. The van der Waals surface area contributed by atoms with Gasteiger partial charge in [-0.25, -0.2) is 0 Å². The number of amides is 1. The third kappa shape index (κ3) is 3.68. The van der Waals surface area contributed by atoms with Crippen molar-refractivity contribution in [1.82, 2.24) is 0 Å². The average Bonchev–Trinajstić information content (AvgIpc) is 2.41. The SMILES string of the molecule is CC(=O)c1cc(NC(=O)Cc2ccccc2)ccc1Cl. The molecule has 2 aromatic carbocycles. The number of carbonyl (C=O) groups excluding carboxylic acids is 2. The minimum Gasteiger partial charge on any atom is -0.326 e. The number of hydrogen-bond donors (Lipinski definition) is 1. The van der Waals surface area contributed by atoms with Gasteiger partial charge < -0.3 is 5.32 Å². The van der Waals surface area contributed by atoms with E-state index in [1.807, 2.05) is 30.3 Å². The van der Waals surface area contributed by atoms with E-state index >= 15 is 0 Å². The predicted octanol–water partition coefficient (Wildman–Crippen LogP) is 3.72. The molecule has 0 atom stereocenters. The Morgan fingerprint density at radius 1 is 1.10 bits per heavy atom. The van der Waals surface area contributed by atoms with Gasteiger partial charge in [0.15, 0.2) is 5.78 Å². The largest absolute Gasteiger partial charge is 0.326 e. The van der Waals surface area contributed by atoms with Gasteiger partial charge in [0.25, 0.3) is 0 Å². The second-order valence-electron chi connectivity index (χ2n) is 4.46. The number of benzene rings is 2. The molecule has 0 unspecified atom stereocenters. The summed E-state index contributed by atoms with van der Waals surface area (Å²) in [6, 6.07) is 14.3. The van der Waals surface area contributed by atoms with Gasteiger partial charge in [-0.3, -0.25) is 9.59 Å². The molecule has 0 fully saturated rings. The molecule has 0 saturated heterocycles. The van der Waals surface area contributed by atoms with Crippen molar-refractivity contribution in [1.29, 1.82) is 0 Å². The first-order valence-electron chi connectivity index (χ1n) is 6.20. The molecule has 0 bridgehead atoms. The molecule has 0 aromatic heterocycles. The Hall–Kier alpha value is -2.13. The number of Topliss-reactive ketones (excluding diaryl/α,β-unsaturated/α-hetero) is 1. The van der Waals surface area contributed by atoms with Crippen molar-refractivity contribution in [3.05, 3.63) is 64.7 Å². The first-order chi connectivity index (χ1) is 9.56. The van der Waals surface area contributed by atoms with Gasteiger partial charge in [-0.15, -0.1) is 0 Å². The fourth-order valence-corrected chi connectivity index (χ4v) is 2.11. The molecule has 0 radical (unpaired) electrons. The molecule has 2 rings (SSSR count). The van der Waals surface area contributed by atoms with Crippen LogP contribution in [0.15, 0.2) is 48.5 Å². The second kappa shape index (κ2) is 6.35. The summed E-state index contributed by atoms with van der Waals surface area (Å²) >= 11 is 5.92. The molecule has 102 valence electrons. The van der Waals surface area contributed by atoms with Crippen LogP contribution in [0.2, 0.25) is 5.02 Å². The number of carbonyl (C=O) groups is 2. The van der Waals surface area contributed by atoms with Gasteiger partial charge in [0.1, 0.15) is 0 Å². The molecule has 0 saturated carbocycles. The van der Waals surface area contributed by atoms with Crippen LogP contribution in [0.4, 0.5) is 5.69 Å². The molecule has 4 heteroatoms. The Labute approximate surface area is 122 Å². The minimum atomic E-state index is -0.131. The highest BCUT2D eigenvalue weighted by Gasteiger charge is 2.09. The van der Waals surface area contributed by atoms with Crippen molar-refractivity contribution in [2.45, 2.75) is 13.3 Å². The van der Waals surface area contributed by atoms with Gasteiger partial charge >= 0.3 is 0 Å². The molecule has 0 heterocycles. The zero-order valence-electron chi connectivity index (χ0n) is 11.0. The summed E-state index contributed by atoms with van der Waals surface area (Å²) in [5.74, 6) is -0.262. The molecule has 1 amide bonds. The monoisotopic (exact) mass is 287 g/mol. The molecule has 0 aliphatic heterocycles. The first-order valence-corrected chi connectivity index (χ1v) is 6.58. The summed E-state index contributed by atoms with van der Waals surface area (Å²) in [5, 5.41) is 3.15. The van der Waals surface area contributed by atoms with Crippen LogP contribution >= 0.6 is 11.6 Å². The lowest BCUT2D eigenvalue weighted by Gasteiger charge is -2.07. The molecule has 0 aliphatic rings. The van der Waals surface area contributed by atoms with Crippen LogP contribution in [0.3, 0.4) is 0 Å². The van der Waals surface area contributed by atoms with E-state index in [1.165, 1.54) is 6.92 Å². The van der Waals surface area contributed by atoms with Crippen LogP contribution in [0.25, 0.3) is 0 Å². The summed E-state index contributed by atoms with van der Waals surface area (Å²) in [6.45, 7) is 1.44. The number of anilines is 1. The van der Waals surface area contributed by atoms with Gasteiger partial charge in [-0.1, -0.05) is 41.9 Å². The Kier molecular flexibility index (Phi) is 4.53. The van der Waals surface area contributed by atoms with E-state index in [1.54, 1.807) is 18.2 Å². The number of rotatable bonds is 4. The van der Waals surface area contributed by atoms with Crippen LogP contribution < -0.4 is 5.32 Å². The van der Waals surface area contributed by atoms with E-state index in [0.717, 1.165) is 5.56 Å². The van der Waals surface area contributed by atoms with E-state index in [-0.39, 0.29) is 11.7 Å². The molecule has 20 heavy (non-hydrogen) atoms. The zero-order valence-corrected chi connectivity index (χ0v) is 11.8. The lowest BCUT2D eigenvalue weighted by atomic mass is 10.1. The third-order valence-electron chi connectivity index (χ3n) is 2.84. The standard InChI is InChI=1S/C16H14ClNO2/c1-11(19)14-10-13(7-8-15(14)17)18-16(20)9-12-5-3-2-4-6-12/h2-8,10H,9H2,1H3,(H,18,20). The molecule has 2 aromatic rings. The van der Waals surface area contributed by atoms with Crippen molar-refractivity contribution >= 4 is 29.0 Å². The minimum absolute atomic E-state index is 0.130. The van der Waals surface area contributed by atoms with Crippen molar-refractivity contribution in [3.8, 4) is 0 Å². The molecule has 0 spiro atoms. The summed E-state index contributed by atoms with van der Waals surface area (Å²) < 4.78 is 0. The highest BCUT2D eigenvalue weighted by atomic mass is 35.5. The predicted molar refractivity (Wildman–Crippen MR) is 80.2 cm³/mol. The van der Waals surface area contributed by atoms with E-state index in [0.29, 0.717) is 22.7 Å². The van der Waals surface area contributed by atoms with Gasteiger partial charge in [0.05, 0.1) is 11.4 Å². The highest BCUT2D eigenvalue weighted by Crippen LogP contribution is 2.21. The van der Waals surface area contributed by atoms with Crippen LogP contribution in [-0.4, -0.2) is 11.7 Å². The molecular formula is C16H14ClNO2. The quantitative estimate of drug-likeness (QED) is 0.871. The molecule has 0 aliphatic carbocycles. The van der Waals surface area contributed by atoms with E-state index in [9.17, 15) is 9.59 Å². The fourth-order valence-electron chi connectivity index (χ4n) is 1.86. The summed E-state index contributed by atoms with van der Waals surface area (Å²) in [5.41, 5.74) is 1.91.